The van der Waals surface area contributed by atoms with Crippen LogP contribution in [0.3, 0.4) is 0 Å². The fourth-order valence-corrected chi connectivity index (χ4v) is 1.94. The van der Waals surface area contributed by atoms with E-state index in [4.69, 9.17) is 5.11 Å². The largest absolute Gasteiger partial charge is 0.476 e. The summed E-state index contributed by atoms with van der Waals surface area (Å²) in [6.45, 7) is 1.88. The lowest BCUT2D eigenvalue weighted by atomic mass is 10.2. The van der Waals surface area contributed by atoms with Crippen molar-refractivity contribution in [2.75, 3.05) is 0 Å². The molecule has 0 fully saturated rings. The molecule has 0 amide bonds. The molecule has 6 heteroatoms. The van der Waals surface area contributed by atoms with Crippen LogP contribution in [0.4, 0.5) is 0 Å². The summed E-state index contributed by atoms with van der Waals surface area (Å²) >= 11 is 0. The molecule has 3 rings (SSSR count). The van der Waals surface area contributed by atoms with Crippen molar-refractivity contribution in [3.05, 3.63) is 48.3 Å². The first-order chi connectivity index (χ1) is 9.16. The Hall–Kier alpha value is -2.76. The summed E-state index contributed by atoms with van der Waals surface area (Å²) in [6, 6.07) is 5.54. The quantitative estimate of drug-likeness (QED) is 0.754. The van der Waals surface area contributed by atoms with E-state index in [0.29, 0.717) is 11.3 Å². The third-order valence-corrected chi connectivity index (χ3v) is 2.87. The van der Waals surface area contributed by atoms with Gasteiger partial charge in [0.25, 0.3) is 0 Å². The van der Waals surface area contributed by atoms with Gasteiger partial charge in [0, 0.05) is 23.7 Å². The number of aryl methyl sites for hydroxylation is 1. The summed E-state index contributed by atoms with van der Waals surface area (Å²) in [5.74, 6) is -1.08. The van der Waals surface area contributed by atoms with Gasteiger partial charge in [0.15, 0.2) is 11.3 Å². The van der Waals surface area contributed by atoms with Crippen molar-refractivity contribution in [2.24, 2.45) is 0 Å². The molecule has 3 aromatic heterocycles. The van der Waals surface area contributed by atoms with Gasteiger partial charge in [0.2, 0.25) is 0 Å². The van der Waals surface area contributed by atoms with E-state index >= 15 is 0 Å². The molecule has 0 aromatic carbocycles. The third kappa shape index (κ3) is 1.83. The molecule has 0 aliphatic carbocycles. The molecule has 0 unspecified atom stereocenters. The summed E-state index contributed by atoms with van der Waals surface area (Å²) in [6.07, 6.45) is 4.81. The van der Waals surface area contributed by atoms with Crippen LogP contribution in [0.1, 0.15) is 16.2 Å². The number of imidazole rings is 1. The molecular weight excluding hydrogens is 244 g/mol. The SMILES string of the molecule is Cc1cc(-c2ccncc2)nc2c(C(=O)O)ncn12. The van der Waals surface area contributed by atoms with Crippen molar-refractivity contribution in [1.29, 1.82) is 0 Å². The number of aromatic carboxylic acids is 1. The van der Waals surface area contributed by atoms with Gasteiger partial charge in [-0.15, -0.1) is 0 Å². The molecule has 0 saturated carbocycles. The molecule has 1 N–H and O–H groups in total. The van der Waals surface area contributed by atoms with Crippen molar-refractivity contribution in [2.45, 2.75) is 6.92 Å². The van der Waals surface area contributed by atoms with E-state index in [1.54, 1.807) is 16.8 Å². The second-order valence-corrected chi connectivity index (χ2v) is 4.11. The van der Waals surface area contributed by atoms with Crippen LogP contribution in [0.25, 0.3) is 16.9 Å². The lowest BCUT2D eigenvalue weighted by molar-refractivity contribution is 0.0693. The summed E-state index contributed by atoms with van der Waals surface area (Å²) < 4.78 is 1.66. The first kappa shape index (κ1) is 11.3. The van der Waals surface area contributed by atoms with Gasteiger partial charge in [-0.1, -0.05) is 0 Å². The maximum Gasteiger partial charge on any atom is 0.358 e. The minimum atomic E-state index is -1.08. The van der Waals surface area contributed by atoms with Gasteiger partial charge >= 0.3 is 5.97 Å². The first-order valence-corrected chi connectivity index (χ1v) is 5.65. The standard InChI is InChI=1S/C13H10N4O2/c1-8-6-10(9-2-4-14-5-3-9)16-12-11(13(18)19)15-7-17(8)12/h2-7H,1H3,(H,18,19). The Balaban J connectivity index is 2.28. The van der Waals surface area contributed by atoms with Crippen molar-refractivity contribution < 1.29 is 9.90 Å². The fourth-order valence-electron chi connectivity index (χ4n) is 1.94. The Morgan fingerprint density at radius 3 is 2.74 bits per heavy atom. The van der Waals surface area contributed by atoms with Crippen LogP contribution >= 0.6 is 0 Å². The van der Waals surface area contributed by atoms with Crippen molar-refractivity contribution in [1.82, 2.24) is 19.4 Å². The Bertz CT molecular complexity index is 765. The maximum absolute atomic E-state index is 11.1. The van der Waals surface area contributed by atoms with Crippen LogP contribution in [0, 0.1) is 6.92 Å². The first-order valence-electron chi connectivity index (χ1n) is 5.65. The Kier molecular flexibility index (Phi) is 2.49. The molecule has 6 nitrogen and oxygen atoms in total. The minimum absolute atomic E-state index is 0.0426. The number of carboxylic acids is 1. The molecule has 0 bridgehead atoms. The van der Waals surface area contributed by atoms with Gasteiger partial charge in [-0.3, -0.25) is 9.38 Å². The van der Waals surface area contributed by atoms with Gasteiger partial charge < -0.3 is 5.11 Å². The number of carbonyl (C=O) groups is 1. The number of rotatable bonds is 2. The van der Waals surface area contributed by atoms with Crippen LogP contribution in [0.5, 0.6) is 0 Å². The molecule has 0 spiro atoms. The highest BCUT2D eigenvalue weighted by Crippen LogP contribution is 2.20. The van der Waals surface area contributed by atoms with Crippen molar-refractivity contribution >= 4 is 11.6 Å². The predicted octanol–water partition coefficient (Wildman–Crippen LogP) is 1.80. The molecule has 3 heterocycles. The van der Waals surface area contributed by atoms with Crippen LogP contribution in [0.15, 0.2) is 36.9 Å². The van der Waals surface area contributed by atoms with Gasteiger partial charge in [0.05, 0.1) is 5.69 Å². The maximum atomic E-state index is 11.1. The molecule has 94 valence electrons. The summed E-state index contributed by atoms with van der Waals surface area (Å²) in [5, 5.41) is 9.10. The van der Waals surface area contributed by atoms with Crippen molar-refractivity contribution in [3.63, 3.8) is 0 Å². The van der Waals surface area contributed by atoms with E-state index in [-0.39, 0.29) is 5.69 Å². The van der Waals surface area contributed by atoms with Crippen LogP contribution in [0.2, 0.25) is 0 Å². The van der Waals surface area contributed by atoms with Gasteiger partial charge in [-0.2, -0.15) is 0 Å². The lowest BCUT2D eigenvalue weighted by Gasteiger charge is -2.05. The topological polar surface area (TPSA) is 80.4 Å². The highest BCUT2D eigenvalue weighted by molar-refractivity contribution is 5.92. The molecular formula is C13H10N4O2. The normalized spacial score (nSPS) is 10.8. The zero-order valence-electron chi connectivity index (χ0n) is 10.1. The van der Waals surface area contributed by atoms with E-state index in [2.05, 4.69) is 15.0 Å². The molecule has 0 saturated heterocycles. The number of pyridine rings is 1. The van der Waals surface area contributed by atoms with Crippen molar-refractivity contribution in [3.8, 4) is 11.3 Å². The van der Waals surface area contributed by atoms with Gasteiger partial charge in [-0.25, -0.2) is 14.8 Å². The van der Waals surface area contributed by atoms with Crippen LogP contribution < -0.4 is 0 Å². The number of hydrogen-bond acceptors (Lipinski definition) is 4. The van der Waals surface area contributed by atoms with E-state index in [1.807, 2.05) is 25.1 Å². The lowest BCUT2D eigenvalue weighted by Crippen LogP contribution is -2.01. The third-order valence-electron chi connectivity index (χ3n) is 2.87. The Labute approximate surface area is 108 Å². The molecule has 19 heavy (non-hydrogen) atoms. The highest BCUT2D eigenvalue weighted by atomic mass is 16.4. The summed E-state index contributed by atoms with van der Waals surface area (Å²) in [7, 11) is 0. The number of aromatic nitrogens is 4. The van der Waals surface area contributed by atoms with E-state index in [9.17, 15) is 4.79 Å². The number of fused-ring (bicyclic) bond motifs is 1. The second-order valence-electron chi connectivity index (χ2n) is 4.11. The van der Waals surface area contributed by atoms with E-state index < -0.39 is 5.97 Å². The smallest absolute Gasteiger partial charge is 0.358 e. The zero-order chi connectivity index (χ0) is 13.4. The van der Waals surface area contributed by atoms with Gasteiger partial charge in [-0.05, 0) is 25.1 Å². The minimum Gasteiger partial charge on any atom is -0.476 e. The average molecular weight is 254 g/mol. The second kappa shape index (κ2) is 4.16. The molecule has 0 radical (unpaired) electrons. The Morgan fingerprint density at radius 1 is 1.32 bits per heavy atom. The number of carboxylic acid groups (broad SMARTS) is 1. The van der Waals surface area contributed by atoms with E-state index in [0.717, 1.165) is 11.3 Å². The zero-order valence-corrected chi connectivity index (χ0v) is 10.1. The van der Waals surface area contributed by atoms with Crippen LogP contribution in [-0.4, -0.2) is 30.4 Å². The van der Waals surface area contributed by atoms with E-state index in [1.165, 1.54) is 6.33 Å². The monoisotopic (exact) mass is 254 g/mol. The molecule has 0 aliphatic heterocycles. The highest BCUT2D eigenvalue weighted by Gasteiger charge is 2.15. The molecule has 0 atom stereocenters. The molecule has 3 aromatic rings. The average Bonchev–Trinajstić information content (AvgIpc) is 2.84. The predicted molar refractivity (Wildman–Crippen MR) is 67.9 cm³/mol. The summed E-state index contributed by atoms with van der Waals surface area (Å²) in [4.78, 5) is 23.3. The summed E-state index contributed by atoms with van der Waals surface area (Å²) in [5.41, 5.74) is 2.77. The fraction of sp³-hybridized carbons (Fsp3) is 0.0769. The van der Waals surface area contributed by atoms with Crippen LogP contribution in [-0.2, 0) is 0 Å². The number of hydrogen-bond donors (Lipinski definition) is 1. The Morgan fingerprint density at radius 2 is 2.05 bits per heavy atom. The molecule has 0 aliphatic rings. The van der Waals surface area contributed by atoms with Gasteiger partial charge in [0.1, 0.15) is 6.33 Å². The number of nitrogens with zero attached hydrogens (tertiary/aromatic N) is 4.